The molecule has 0 aromatic carbocycles. The van der Waals surface area contributed by atoms with Crippen LogP contribution in [0.4, 0.5) is 0 Å². The minimum atomic E-state index is -0.543. The number of carbonyl (C=O) groups excluding carboxylic acids is 3. The van der Waals surface area contributed by atoms with Gasteiger partial charge in [-0.1, -0.05) is 13.3 Å². The van der Waals surface area contributed by atoms with Gasteiger partial charge < -0.3 is 4.74 Å². The van der Waals surface area contributed by atoms with Crippen LogP contribution in [0.2, 0.25) is 0 Å². The molecule has 6 atom stereocenters. The standard InChI is InChI=1S/C21H28O4/c1-12(22)25-14-9-13-10-17(23)19-15-5-4-7-20(15,2)8-6-16(19)21(13,3)18(24)11-14/h10,14-16,19H,4-9,11H2,1-3H3/t14?,15-,16+,19-,20-,21-/m0/s1. The van der Waals surface area contributed by atoms with Crippen LogP contribution in [0.5, 0.6) is 0 Å². The molecule has 0 heterocycles. The van der Waals surface area contributed by atoms with Crippen LogP contribution in [-0.2, 0) is 19.1 Å². The summed E-state index contributed by atoms with van der Waals surface area (Å²) in [4.78, 5) is 37.5. The number of hydrogen-bond donors (Lipinski definition) is 0. The summed E-state index contributed by atoms with van der Waals surface area (Å²) >= 11 is 0. The lowest BCUT2D eigenvalue weighted by Crippen LogP contribution is -2.56. The van der Waals surface area contributed by atoms with Crippen molar-refractivity contribution in [2.24, 2.45) is 28.6 Å². The number of ether oxygens (including phenoxy) is 1. The Morgan fingerprint density at radius 1 is 1.12 bits per heavy atom. The average molecular weight is 344 g/mol. The number of esters is 1. The molecule has 0 N–H and O–H groups in total. The number of ketones is 2. The molecule has 4 nitrogen and oxygen atoms in total. The molecule has 0 saturated heterocycles. The summed E-state index contributed by atoms with van der Waals surface area (Å²) in [5.41, 5.74) is 0.637. The molecule has 4 rings (SSSR count). The van der Waals surface area contributed by atoms with Gasteiger partial charge in [0.1, 0.15) is 11.9 Å². The van der Waals surface area contributed by atoms with E-state index in [4.69, 9.17) is 4.74 Å². The second-order valence-corrected chi connectivity index (χ2v) is 9.16. The number of carbonyl (C=O) groups is 3. The minimum Gasteiger partial charge on any atom is -0.462 e. The minimum absolute atomic E-state index is 0.00391. The van der Waals surface area contributed by atoms with Gasteiger partial charge in [0.25, 0.3) is 0 Å². The van der Waals surface area contributed by atoms with Crippen LogP contribution in [-0.4, -0.2) is 23.6 Å². The third-order valence-corrected chi connectivity index (χ3v) is 7.88. The molecule has 0 aromatic rings. The van der Waals surface area contributed by atoms with Crippen LogP contribution in [0, 0.1) is 28.6 Å². The SMILES string of the molecule is CC(=O)OC1CC(=O)[C@@]2(C)C(=CC(=O)[C@@H]3[C@H]2CC[C@]2(C)CCC[C@@H]32)C1. The van der Waals surface area contributed by atoms with E-state index in [0.29, 0.717) is 12.3 Å². The van der Waals surface area contributed by atoms with Gasteiger partial charge in [-0.25, -0.2) is 0 Å². The van der Waals surface area contributed by atoms with E-state index in [2.05, 4.69) is 6.92 Å². The fourth-order valence-corrected chi connectivity index (χ4v) is 6.54. The van der Waals surface area contributed by atoms with Gasteiger partial charge in [0.2, 0.25) is 0 Å². The molecule has 0 aromatic heterocycles. The first-order valence-electron chi connectivity index (χ1n) is 9.71. The van der Waals surface area contributed by atoms with E-state index >= 15 is 0 Å². The van der Waals surface area contributed by atoms with Crippen molar-refractivity contribution >= 4 is 17.5 Å². The summed E-state index contributed by atoms with van der Waals surface area (Å²) in [6.45, 7) is 5.76. The highest BCUT2D eigenvalue weighted by atomic mass is 16.5. The Labute approximate surface area is 149 Å². The summed E-state index contributed by atoms with van der Waals surface area (Å²) in [5, 5.41) is 0. The molecule has 0 aliphatic heterocycles. The van der Waals surface area contributed by atoms with Gasteiger partial charge in [-0.05, 0) is 61.5 Å². The molecule has 25 heavy (non-hydrogen) atoms. The Balaban J connectivity index is 1.71. The first-order chi connectivity index (χ1) is 11.8. The molecule has 4 aliphatic rings. The van der Waals surface area contributed by atoms with Crippen molar-refractivity contribution in [3.8, 4) is 0 Å². The van der Waals surface area contributed by atoms with Gasteiger partial charge in [-0.3, -0.25) is 14.4 Å². The third kappa shape index (κ3) is 2.36. The second kappa shape index (κ2) is 5.52. The fourth-order valence-electron chi connectivity index (χ4n) is 6.54. The lowest BCUT2D eigenvalue weighted by atomic mass is 9.47. The molecule has 0 spiro atoms. The molecule has 0 radical (unpaired) electrons. The zero-order chi connectivity index (χ0) is 18.0. The van der Waals surface area contributed by atoms with Gasteiger partial charge in [0.15, 0.2) is 5.78 Å². The summed E-state index contributed by atoms with van der Waals surface area (Å²) in [6.07, 6.45) is 7.76. The topological polar surface area (TPSA) is 60.4 Å². The number of Topliss-reactive ketones (excluding diaryl/α,β-unsaturated/α-hetero) is 1. The van der Waals surface area contributed by atoms with Crippen molar-refractivity contribution in [2.45, 2.75) is 71.8 Å². The van der Waals surface area contributed by atoms with Crippen molar-refractivity contribution in [3.63, 3.8) is 0 Å². The lowest BCUT2D eigenvalue weighted by molar-refractivity contribution is -0.153. The summed E-state index contributed by atoms with van der Waals surface area (Å²) < 4.78 is 5.30. The predicted octanol–water partition coefficient (Wildman–Crippen LogP) is 3.63. The molecule has 0 amide bonds. The summed E-state index contributed by atoms with van der Waals surface area (Å²) in [5.74, 6) is 0.562. The largest absolute Gasteiger partial charge is 0.462 e. The second-order valence-electron chi connectivity index (χ2n) is 9.16. The molecule has 4 aliphatic carbocycles. The lowest BCUT2D eigenvalue weighted by Gasteiger charge is -2.55. The molecular weight excluding hydrogens is 316 g/mol. The molecular formula is C21H28O4. The molecule has 4 heteroatoms. The monoisotopic (exact) mass is 344 g/mol. The molecule has 3 fully saturated rings. The Morgan fingerprint density at radius 3 is 2.60 bits per heavy atom. The zero-order valence-electron chi connectivity index (χ0n) is 15.5. The number of hydrogen-bond acceptors (Lipinski definition) is 4. The summed E-state index contributed by atoms with van der Waals surface area (Å²) in [7, 11) is 0. The molecule has 0 bridgehead atoms. The maximum absolute atomic E-state index is 13.1. The predicted molar refractivity (Wildman–Crippen MR) is 92.7 cm³/mol. The van der Waals surface area contributed by atoms with E-state index in [1.54, 1.807) is 6.08 Å². The zero-order valence-corrected chi connectivity index (χ0v) is 15.5. The maximum atomic E-state index is 13.1. The van der Waals surface area contributed by atoms with Crippen LogP contribution in [0.1, 0.15) is 65.7 Å². The fraction of sp³-hybridized carbons (Fsp3) is 0.762. The van der Waals surface area contributed by atoms with Crippen LogP contribution in [0.15, 0.2) is 11.6 Å². The first-order valence-corrected chi connectivity index (χ1v) is 9.71. The number of fused-ring (bicyclic) bond motifs is 5. The Bertz CT molecular complexity index is 677. The van der Waals surface area contributed by atoms with E-state index in [9.17, 15) is 14.4 Å². The van der Waals surface area contributed by atoms with Gasteiger partial charge in [0.05, 0.1) is 5.41 Å². The van der Waals surface area contributed by atoms with E-state index in [1.807, 2.05) is 6.92 Å². The highest BCUT2D eigenvalue weighted by Gasteiger charge is 2.61. The molecule has 1 unspecified atom stereocenters. The Morgan fingerprint density at radius 2 is 1.88 bits per heavy atom. The molecule has 3 saturated carbocycles. The van der Waals surface area contributed by atoms with Gasteiger partial charge >= 0.3 is 5.97 Å². The highest BCUT2D eigenvalue weighted by molar-refractivity contribution is 6.00. The van der Waals surface area contributed by atoms with Crippen LogP contribution in [0.25, 0.3) is 0 Å². The Hall–Kier alpha value is -1.45. The smallest absolute Gasteiger partial charge is 0.302 e. The van der Waals surface area contributed by atoms with Crippen LogP contribution in [0.3, 0.4) is 0 Å². The van der Waals surface area contributed by atoms with Crippen LogP contribution >= 0.6 is 0 Å². The third-order valence-electron chi connectivity index (χ3n) is 7.88. The quantitative estimate of drug-likeness (QED) is 0.682. The summed E-state index contributed by atoms with van der Waals surface area (Å²) in [6, 6.07) is 0. The average Bonchev–Trinajstić information content (AvgIpc) is 2.91. The number of allylic oxidation sites excluding steroid dienone is 1. The highest BCUT2D eigenvalue weighted by Crippen LogP contribution is 2.63. The van der Waals surface area contributed by atoms with Crippen molar-refractivity contribution < 1.29 is 19.1 Å². The van der Waals surface area contributed by atoms with E-state index in [0.717, 1.165) is 24.8 Å². The maximum Gasteiger partial charge on any atom is 0.302 e. The number of rotatable bonds is 1. The van der Waals surface area contributed by atoms with E-state index in [1.165, 1.54) is 19.8 Å². The van der Waals surface area contributed by atoms with E-state index in [-0.39, 0.29) is 41.2 Å². The van der Waals surface area contributed by atoms with Crippen molar-refractivity contribution in [2.75, 3.05) is 0 Å². The first kappa shape index (κ1) is 17.0. The van der Waals surface area contributed by atoms with Crippen molar-refractivity contribution in [3.05, 3.63) is 11.6 Å². The van der Waals surface area contributed by atoms with Crippen molar-refractivity contribution in [1.29, 1.82) is 0 Å². The van der Waals surface area contributed by atoms with E-state index < -0.39 is 11.5 Å². The van der Waals surface area contributed by atoms with Gasteiger partial charge in [-0.15, -0.1) is 0 Å². The van der Waals surface area contributed by atoms with Crippen LogP contribution < -0.4 is 0 Å². The Kier molecular flexibility index (Phi) is 3.75. The normalized spacial score (nSPS) is 46.0. The molecule has 136 valence electrons. The van der Waals surface area contributed by atoms with Crippen molar-refractivity contribution in [1.82, 2.24) is 0 Å². The van der Waals surface area contributed by atoms with Gasteiger partial charge in [-0.2, -0.15) is 0 Å². The van der Waals surface area contributed by atoms with Gasteiger partial charge in [0, 0.05) is 25.7 Å².